The van der Waals surface area contributed by atoms with Gasteiger partial charge in [0, 0.05) is 22.1 Å². The van der Waals surface area contributed by atoms with Crippen molar-refractivity contribution in [1.82, 2.24) is 0 Å². The zero-order chi connectivity index (χ0) is 14.9. The Hall–Kier alpha value is -2.20. The minimum Gasteiger partial charge on any atom is -0.478 e. The molecule has 0 fully saturated rings. The second-order valence-corrected chi connectivity index (χ2v) is 5.08. The number of anilines is 3. The van der Waals surface area contributed by atoms with Crippen LogP contribution in [0.15, 0.2) is 30.3 Å². The lowest BCUT2D eigenvalue weighted by Gasteiger charge is -2.13. The fourth-order valence-electron chi connectivity index (χ4n) is 1.93. The third kappa shape index (κ3) is 2.86. The molecule has 0 atom stereocenters. The number of nitrogens with two attached hydrogens (primary N) is 1. The van der Waals surface area contributed by atoms with E-state index < -0.39 is 5.97 Å². The monoisotopic (exact) mass is 290 g/mol. The number of carboxylic acid groups (broad SMARTS) is 1. The van der Waals surface area contributed by atoms with E-state index in [9.17, 15) is 4.79 Å². The zero-order valence-corrected chi connectivity index (χ0v) is 12.0. The Morgan fingerprint density at radius 3 is 2.55 bits per heavy atom. The minimum atomic E-state index is -1.04. The van der Waals surface area contributed by atoms with Gasteiger partial charge in [-0.1, -0.05) is 17.7 Å². The third-order valence-corrected chi connectivity index (χ3v) is 3.33. The highest BCUT2D eigenvalue weighted by Crippen LogP contribution is 2.28. The number of aryl methyl sites for hydroxylation is 2. The number of nitrogens with one attached hydrogen (secondary N) is 1. The predicted molar refractivity (Wildman–Crippen MR) is 82.0 cm³/mol. The number of carbonyl (C=O) groups is 1. The first kappa shape index (κ1) is 14.2. The van der Waals surface area contributed by atoms with Crippen molar-refractivity contribution in [3.8, 4) is 0 Å². The lowest BCUT2D eigenvalue weighted by atomic mass is 10.1. The molecule has 5 heteroatoms. The molecule has 104 valence electrons. The topological polar surface area (TPSA) is 75.3 Å². The van der Waals surface area contributed by atoms with Gasteiger partial charge < -0.3 is 16.2 Å². The summed E-state index contributed by atoms with van der Waals surface area (Å²) in [5.41, 5.74) is 9.37. The Morgan fingerprint density at radius 2 is 1.90 bits per heavy atom. The Morgan fingerprint density at radius 1 is 1.20 bits per heavy atom. The molecule has 4 N–H and O–H groups in total. The molecule has 0 saturated carbocycles. The van der Waals surface area contributed by atoms with Crippen molar-refractivity contribution in [2.75, 3.05) is 11.1 Å². The fourth-order valence-corrected chi connectivity index (χ4v) is 2.10. The maximum atomic E-state index is 11.2. The van der Waals surface area contributed by atoms with Crippen LogP contribution in [0, 0.1) is 13.8 Å². The minimum absolute atomic E-state index is 0.0900. The van der Waals surface area contributed by atoms with E-state index in [0.29, 0.717) is 16.3 Å². The van der Waals surface area contributed by atoms with E-state index in [2.05, 4.69) is 5.32 Å². The van der Waals surface area contributed by atoms with Gasteiger partial charge in [0.15, 0.2) is 0 Å². The van der Waals surface area contributed by atoms with Crippen molar-refractivity contribution in [2.24, 2.45) is 0 Å². The molecular weight excluding hydrogens is 276 g/mol. The standard InChI is InChI=1S/C15H15ClN2O2/c1-8-3-4-10(16)6-13(8)18-11-5-9(2)14(17)12(7-11)15(19)20/h3-7,18H,17H2,1-2H3,(H,19,20). The molecule has 0 spiro atoms. The summed E-state index contributed by atoms with van der Waals surface area (Å²) < 4.78 is 0. The van der Waals surface area contributed by atoms with Crippen molar-refractivity contribution in [1.29, 1.82) is 0 Å². The average Bonchev–Trinajstić information content (AvgIpc) is 2.37. The molecule has 0 aromatic heterocycles. The second-order valence-electron chi connectivity index (χ2n) is 4.64. The smallest absolute Gasteiger partial charge is 0.337 e. The van der Waals surface area contributed by atoms with Crippen LogP contribution in [0.1, 0.15) is 21.5 Å². The number of hydrogen-bond acceptors (Lipinski definition) is 3. The molecule has 0 aliphatic rings. The van der Waals surface area contributed by atoms with Crippen molar-refractivity contribution in [3.63, 3.8) is 0 Å². The predicted octanol–water partition coefficient (Wildman–Crippen LogP) is 3.98. The molecule has 0 radical (unpaired) electrons. The maximum Gasteiger partial charge on any atom is 0.337 e. The number of carboxylic acids is 1. The highest BCUT2D eigenvalue weighted by molar-refractivity contribution is 6.30. The number of rotatable bonds is 3. The summed E-state index contributed by atoms with van der Waals surface area (Å²) in [6, 6.07) is 8.82. The van der Waals surface area contributed by atoms with Gasteiger partial charge in [-0.3, -0.25) is 0 Å². The van der Waals surface area contributed by atoms with Gasteiger partial charge >= 0.3 is 5.97 Å². The van der Waals surface area contributed by atoms with Crippen LogP contribution < -0.4 is 11.1 Å². The summed E-state index contributed by atoms with van der Waals surface area (Å²) >= 11 is 5.97. The van der Waals surface area contributed by atoms with Crippen molar-refractivity contribution < 1.29 is 9.90 Å². The van der Waals surface area contributed by atoms with Gasteiger partial charge in [0.1, 0.15) is 0 Å². The summed E-state index contributed by atoms with van der Waals surface area (Å²) in [6.07, 6.45) is 0. The van der Waals surface area contributed by atoms with E-state index >= 15 is 0 Å². The molecule has 0 aliphatic carbocycles. The molecule has 0 heterocycles. The van der Waals surface area contributed by atoms with Gasteiger partial charge in [0.25, 0.3) is 0 Å². The zero-order valence-electron chi connectivity index (χ0n) is 11.2. The maximum absolute atomic E-state index is 11.2. The highest BCUT2D eigenvalue weighted by atomic mass is 35.5. The summed E-state index contributed by atoms with van der Waals surface area (Å²) in [7, 11) is 0. The second kappa shape index (κ2) is 5.43. The molecule has 20 heavy (non-hydrogen) atoms. The molecular formula is C15H15ClN2O2. The molecule has 0 saturated heterocycles. The number of nitrogen functional groups attached to an aromatic ring is 1. The van der Waals surface area contributed by atoms with Crippen LogP contribution in [0.4, 0.5) is 17.1 Å². The average molecular weight is 291 g/mol. The van der Waals surface area contributed by atoms with Gasteiger partial charge in [-0.25, -0.2) is 4.79 Å². The van der Waals surface area contributed by atoms with Crippen molar-refractivity contribution >= 4 is 34.6 Å². The molecule has 0 unspecified atom stereocenters. The molecule has 2 aromatic carbocycles. The quantitative estimate of drug-likeness (QED) is 0.747. The van der Waals surface area contributed by atoms with Gasteiger partial charge in [0.2, 0.25) is 0 Å². The number of benzene rings is 2. The first-order valence-corrected chi connectivity index (χ1v) is 6.43. The van der Waals surface area contributed by atoms with Crippen LogP contribution >= 0.6 is 11.6 Å². The highest BCUT2D eigenvalue weighted by Gasteiger charge is 2.12. The Balaban J connectivity index is 2.44. The number of hydrogen-bond donors (Lipinski definition) is 3. The van der Waals surface area contributed by atoms with E-state index in [1.54, 1.807) is 19.1 Å². The lowest BCUT2D eigenvalue weighted by molar-refractivity contribution is 0.0698. The van der Waals surface area contributed by atoms with Gasteiger partial charge in [-0.05, 0) is 49.2 Å². The van der Waals surface area contributed by atoms with Gasteiger partial charge in [-0.2, -0.15) is 0 Å². The Labute approximate surface area is 122 Å². The third-order valence-electron chi connectivity index (χ3n) is 3.10. The lowest BCUT2D eigenvalue weighted by Crippen LogP contribution is -2.05. The molecule has 0 bridgehead atoms. The number of halogens is 1. The van der Waals surface area contributed by atoms with E-state index in [1.807, 2.05) is 19.1 Å². The molecule has 0 aliphatic heterocycles. The fraction of sp³-hybridized carbons (Fsp3) is 0.133. The summed E-state index contributed by atoms with van der Waals surface area (Å²) in [5.74, 6) is -1.04. The molecule has 2 aromatic rings. The molecule has 2 rings (SSSR count). The van der Waals surface area contributed by atoms with Crippen molar-refractivity contribution in [3.05, 3.63) is 52.0 Å². The van der Waals surface area contributed by atoms with Crippen LogP contribution in [0.5, 0.6) is 0 Å². The summed E-state index contributed by atoms with van der Waals surface area (Å²) in [6.45, 7) is 3.72. The summed E-state index contributed by atoms with van der Waals surface area (Å²) in [4.78, 5) is 11.2. The first-order chi connectivity index (χ1) is 9.38. The normalized spacial score (nSPS) is 10.3. The van der Waals surface area contributed by atoms with Crippen LogP contribution in [-0.4, -0.2) is 11.1 Å². The number of aromatic carboxylic acids is 1. The van der Waals surface area contributed by atoms with Crippen LogP contribution in [0.2, 0.25) is 5.02 Å². The van der Waals surface area contributed by atoms with E-state index in [1.165, 1.54) is 6.07 Å². The van der Waals surface area contributed by atoms with Gasteiger partial charge in [0.05, 0.1) is 5.56 Å². The van der Waals surface area contributed by atoms with Crippen LogP contribution in [-0.2, 0) is 0 Å². The molecule has 4 nitrogen and oxygen atoms in total. The Kier molecular flexibility index (Phi) is 3.86. The Bertz CT molecular complexity index is 684. The van der Waals surface area contributed by atoms with Gasteiger partial charge in [-0.15, -0.1) is 0 Å². The van der Waals surface area contributed by atoms with Crippen LogP contribution in [0.25, 0.3) is 0 Å². The van der Waals surface area contributed by atoms with Crippen LogP contribution in [0.3, 0.4) is 0 Å². The van der Waals surface area contributed by atoms with E-state index in [0.717, 1.165) is 11.3 Å². The summed E-state index contributed by atoms with van der Waals surface area (Å²) in [5, 5.41) is 12.9. The first-order valence-electron chi connectivity index (χ1n) is 6.05. The SMILES string of the molecule is Cc1ccc(Cl)cc1Nc1cc(C)c(N)c(C(=O)O)c1. The van der Waals surface area contributed by atoms with E-state index in [4.69, 9.17) is 22.4 Å². The van der Waals surface area contributed by atoms with Crippen molar-refractivity contribution in [2.45, 2.75) is 13.8 Å². The largest absolute Gasteiger partial charge is 0.478 e. The molecule has 0 amide bonds. The van der Waals surface area contributed by atoms with E-state index in [-0.39, 0.29) is 11.3 Å².